The molecule has 0 bridgehead atoms. The first-order valence-electron chi connectivity index (χ1n) is 6.67. The van der Waals surface area contributed by atoms with Crippen LogP contribution in [0, 0.1) is 0 Å². The van der Waals surface area contributed by atoms with Gasteiger partial charge in [-0.3, -0.25) is 4.79 Å². The van der Waals surface area contributed by atoms with Gasteiger partial charge in [0.25, 0.3) is 5.91 Å². The van der Waals surface area contributed by atoms with E-state index in [1.165, 1.54) is 0 Å². The van der Waals surface area contributed by atoms with Crippen LogP contribution in [0.4, 0.5) is 0 Å². The Hall–Kier alpha value is -2.24. The number of hydrogen-bond donors (Lipinski definition) is 2. The zero-order chi connectivity index (χ0) is 14.5. The van der Waals surface area contributed by atoms with E-state index >= 15 is 0 Å². The standard InChI is InChI=1S/C14H19N3O3/c1-2-17(7-5-13(15)16-19)14(18)11-3-4-12-10(9-11)6-8-20-12/h3-4,9,19H,2,5-8H2,1H3,(H2,15,16). The number of rotatable bonds is 5. The number of amidine groups is 1. The number of hydrogen-bond acceptors (Lipinski definition) is 4. The van der Waals surface area contributed by atoms with Gasteiger partial charge in [-0.1, -0.05) is 5.16 Å². The molecule has 1 aromatic carbocycles. The lowest BCUT2D eigenvalue weighted by molar-refractivity contribution is 0.0768. The van der Waals surface area contributed by atoms with E-state index in [9.17, 15) is 4.79 Å². The quantitative estimate of drug-likeness (QED) is 0.366. The minimum absolute atomic E-state index is 0.0482. The van der Waals surface area contributed by atoms with E-state index in [0.29, 0.717) is 31.7 Å². The highest BCUT2D eigenvalue weighted by Crippen LogP contribution is 2.26. The van der Waals surface area contributed by atoms with Crippen LogP contribution in [0.5, 0.6) is 5.75 Å². The van der Waals surface area contributed by atoms with Crippen molar-refractivity contribution in [1.29, 1.82) is 0 Å². The predicted octanol–water partition coefficient (Wildman–Crippen LogP) is 1.22. The molecule has 0 saturated heterocycles. The largest absolute Gasteiger partial charge is 0.493 e. The van der Waals surface area contributed by atoms with Gasteiger partial charge in [0, 0.05) is 31.5 Å². The minimum atomic E-state index is -0.0482. The third-order valence-corrected chi connectivity index (χ3v) is 3.37. The Balaban J connectivity index is 2.08. The van der Waals surface area contributed by atoms with Gasteiger partial charge in [0.2, 0.25) is 0 Å². The number of nitrogens with two attached hydrogens (primary N) is 1. The first kappa shape index (κ1) is 14.2. The normalized spacial score (nSPS) is 13.8. The second kappa shape index (κ2) is 6.27. The number of oxime groups is 1. The molecule has 1 amide bonds. The molecule has 1 aliphatic heterocycles. The van der Waals surface area contributed by atoms with Crippen molar-refractivity contribution < 1.29 is 14.7 Å². The molecule has 1 aromatic rings. The Morgan fingerprint density at radius 1 is 1.55 bits per heavy atom. The van der Waals surface area contributed by atoms with E-state index in [0.717, 1.165) is 17.7 Å². The van der Waals surface area contributed by atoms with Crippen molar-refractivity contribution in [2.75, 3.05) is 19.7 Å². The molecule has 108 valence electrons. The number of amides is 1. The SMILES string of the molecule is CCN(CCC(N)=NO)C(=O)c1ccc2c(c1)CCO2. The highest BCUT2D eigenvalue weighted by Gasteiger charge is 2.18. The van der Waals surface area contributed by atoms with Crippen LogP contribution in [0.1, 0.15) is 29.3 Å². The minimum Gasteiger partial charge on any atom is -0.493 e. The van der Waals surface area contributed by atoms with Crippen LogP contribution < -0.4 is 10.5 Å². The fourth-order valence-corrected chi connectivity index (χ4v) is 2.20. The van der Waals surface area contributed by atoms with Crippen molar-refractivity contribution in [3.05, 3.63) is 29.3 Å². The molecule has 0 fully saturated rings. The van der Waals surface area contributed by atoms with Gasteiger partial charge in [0.15, 0.2) is 0 Å². The van der Waals surface area contributed by atoms with Crippen molar-refractivity contribution >= 4 is 11.7 Å². The Kier molecular flexibility index (Phi) is 4.45. The van der Waals surface area contributed by atoms with Crippen molar-refractivity contribution in [3.63, 3.8) is 0 Å². The maximum atomic E-state index is 12.4. The monoisotopic (exact) mass is 277 g/mol. The molecule has 3 N–H and O–H groups in total. The zero-order valence-electron chi connectivity index (χ0n) is 11.5. The highest BCUT2D eigenvalue weighted by atomic mass is 16.5. The molecule has 0 spiro atoms. The molecule has 6 heteroatoms. The molecule has 0 unspecified atom stereocenters. The van der Waals surface area contributed by atoms with Gasteiger partial charge in [-0.25, -0.2) is 0 Å². The van der Waals surface area contributed by atoms with Crippen molar-refractivity contribution in [2.24, 2.45) is 10.9 Å². The van der Waals surface area contributed by atoms with E-state index in [2.05, 4.69) is 5.16 Å². The van der Waals surface area contributed by atoms with Crippen LogP contribution in [0.3, 0.4) is 0 Å². The van der Waals surface area contributed by atoms with Crippen LogP contribution >= 0.6 is 0 Å². The summed E-state index contributed by atoms with van der Waals surface area (Å²) < 4.78 is 5.43. The van der Waals surface area contributed by atoms with Gasteiger partial charge >= 0.3 is 0 Å². The van der Waals surface area contributed by atoms with Gasteiger partial charge in [0.05, 0.1) is 6.61 Å². The van der Waals surface area contributed by atoms with E-state index in [4.69, 9.17) is 15.7 Å². The molecule has 2 rings (SSSR count). The summed E-state index contributed by atoms with van der Waals surface area (Å²) >= 11 is 0. The molecule has 0 aromatic heterocycles. The van der Waals surface area contributed by atoms with Crippen molar-refractivity contribution in [1.82, 2.24) is 4.90 Å². The highest BCUT2D eigenvalue weighted by molar-refractivity contribution is 5.95. The molecule has 20 heavy (non-hydrogen) atoms. The number of benzene rings is 1. The summed E-state index contributed by atoms with van der Waals surface area (Å²) in [6.45, 7) is 3.58. The molecule has 0 aliphatic carbocycles. The second-order valence-electron chi connectivity index (χ2n) is 4.65. The number of carbonyl (C=O) groups is 1. The van der Waals surface area contributed by atoms with Gasteiger partial charge in [-0.2, -0.15) is 0 Å². The Morgan fingerprint density at radius 3 is 3.05 bits per heavy atom. The van der Waals surface area contributed by atoms with Crippen LogP contribution in [0.15, 0.2) is 23.4 Å². The maximum absolute atomic E-state index is 12.4. The zero-order valence-corrected chi connectivity index (χ0v) is 11.5. The molecule has 0 saturated carbocycles. The van der Waals surface area contributed by atoms with E-state index in [-0.39, 0.29) is 11.7 Å². The first-order valence-corrected chi connectivity index (χ1v) is 6.67. The molecule has 6 nitrogen and oxygen atoms in total. The number of ether oxygens (including phenoxy) is 1. The van der Waals surface area contributed by atoms with Crippen LogP contribution in [-0.2, 0) is 6.42 Å². The molecular weight excluding hydrogens is 258 g/mol. The van der Waals surface area contributed by atoms with Crippen LogP contribution in [0.2, 0.25) is 0 Å². The fourth-order valence-electron chi connectivity index (χ4n) is 2.20. The third-order valence-electron chi connectivity index (χ3n) is 3.37. The maximum Gasteiger partial charge on any atom is 0.253 e. The predicted molar refractivity (Wildman–Crippen MR) is 75.2 cm³/mol. The van der Waals surface area contributed by atoms with Crippen molar-refractivity contribution in [3.8, 4) is 5.75 Å². The summed E-state index contributed by atoms with van der Waals surface area (Å²) in [7, 11) is 0. The summed E-state index contributed by atoms with van der Waals surface area (Å²) in [6, 6.07) is 5.50. The molecule has 1 aliphatic rings. The second-order valence-corrected chi connectivity index (χ2v) is 4.65. The Labute approximate surface area is 117 Å². The van der Waals surface area contributed by atoms with E-state index in [1.54, 1.807) is 11.0 Å². The van der Waals surface area contributed by atoms with Crippen LogP contribution in [0.25, 0.3) is 0 Å². The molecule has 0 atom stereocenters. The summed E-state index contributed by atoms with van der Waals surface area (Å²) in [5.41, 5.74) is 7.16. The van der Waals surface area contributed by atoms with Gasteiger partial charge in [0.1, 0.15) is 11.6 Å². The summed E-state index contributed by atoms with van der Waals surface area (Å²) in [6.07, 6.45) is 1.19. The average Bonchev–Trinajstić information content (AvgIpc) is 2.94. The molecule has 0 radical (unpaired) electrons. The first-order chi connectivity index (χ1) is 9.65. The fraction of sp³-hybridized carbons (Fsp3) is 0.429. The Bertz CT molecular complexity index is 528. The van der Waals surface area contributed by atoms with E-state index in [1.807, 2.05) is 19.1 Å². The average molecular weight is 277 g/mol. The van der Waals surface area contributed by atoms with Crippen LogP contribution in [-0.4, -0.2) is 41.5 Å². The summed E-state index contributed by atoms with van der Waals surface area (Å²) in [4.78, 5) is 14.1. The molecule has 1 heterocycles. The topological polar surface area (TPSA) is 88.1 Å². The summed E-state index contributed by atoms with van der Waals surface area (Å²) in [5.74, 6) is 0.938. The smallest absolute Gasteiger partial charge is 0.253 e. The van der Waals surface area contributed by atoms with Gasteiger partial charge in [-0.15, -0.1) is 0 Å². The molecular formula is C14H19N3O3. The Morgan fingerprint density at radius 2 is 2.35 bits per heavy atom. The number of fused-ring (bicyclic) bond motifs is 1. The van der Waals surface area contributed by atoms with Gasteiger partial charge < -0.3 is 20.6 Å². The third kappa shape index (κ3) is 3.01. The van der Waals surface area contributed by atoms with Crippen molar-refractivity contribution in [2.45, 2.75) is 19.8 Å². The number of nitrogens with zero attached hydrogens (tertiary/aromatic N) is 2. The number of carbonyl (C=O) groups excluding carboxylic acids is 1. The lowest BCUT2D eigenvalue weighted by Gasteiger charge is -2.20. The lowest BCUT2D eigenvalue weighted by Crippen LogP contribution is -2.34. The van der Waals surface area contributed by atoms with Gasteiger partial charge in [-0.05, 0) is 30.7 Å². The summed E-state index contributed by atoms with van der Waals surface area (Å²) in [5, 5.41) is 11.4. The van der Waals surface area contributed by atoms with E-state index < -0.39 is 0 Å². The lowest BCUT2D eigenvalue weighted by atomic mass is 10.1.